The summed E-state index contributed by atoms with van der Waals surface area (Å²) in [5, 5.41) is 0. The second-order valence-electron chi connectivity index (χ2n) is 3.21. The van der Waals surface area contributed by atoms with E-state index < -0.39 is 0 Å². The second kappa shape index (κ2) is 7.12. The average Bonchev–Trinajstić information content (AvgIpc) is 2.23. The lowest BCUT2D eigenvalue weighted by atomic mass is 10.3. The van der Waals surface area contributed by atoms with E-state index in [0.717, 1.165) is 36.8 Å². The molecule has 0 spiro atoms. The summed E-state index contributed by atoms with van der Waals surface area (Å²) >= 11 is 5.48. The monoisotopic (exact) mass is 248 g/mol. The maximum atomic E-state index is 13.1. The molecule has 0 amide bonds. The lowest BCUT2D eigenvalue weighted by Gasteiger charge is -2.02. The predicted octanol–water partition coefficient (Wildman–Crippen LogP) is 4.16. The van der Waals surface area contributed by atoms with Crippen molar-refractivity contribution < 1.29 is 8.78 Å². The molecule has 0 nitrogen and oxygen atoms in total. The molecule has 1 aromatic rings. The van der Waals surface area contributed by atoms with Gasteiger partial charge in [-0.15, -0.1) is 11.8 Å². The molecule has 0 atom stereocenters. The molecule has 0 aliphatic heterocycles. The van der Waals surface area contributed by atoms with E-state index in [1.807, 2.05) is 0 Å². The SMILES string of the molecule is Fc1ccc(F)c(SCCCCCS)c1. The molecule has 0 fully saturated rings. The van der Waals surface area contributed by atoms with Gasteiger partial charge in [0.25, 0.3) is 0 Å². The van der Waals surface area contributed by atoms with Crippen molar-refractivity contribution in [1.29, 1.82) is 0 Å². The Hall–Kier alpha value is -0.220. The van der Waals surface area contributed by atoms with E-state index in [0.29, 0.717) is 4.90 Å². The Morgan fingerprint density at radius 3 is 2.67 bits per heavy atom. The van der Waals surface area contributed by atoms with Crippen LogP contribution in [0.1, 0.15) is 19.3 Å². The highest BCUT2D eigenvalue weighted by Gasteiger charge is 2.03. The van der Waals surface area contributed by atoms with Gasteiger partial charge in [-0.05, 0) is 42.5 Å². The quantitative estimate of drug-likeness (QED) is 0.448. The van der Waals surface area contributed by atoms with Crippen molar-refractivity contribution in [3.63, 3.8) is 0 Å². The number of thioether (sulfide) groups is 1. The highest BCUT2D eigenvalue weighted by Crippen LogP contribution is 2.23. The molecule has 0 heterocycles. The topological polar surface area (TPSA) is 0 Å². The van der Waals surface area contributed by atoms with Crippen LogP contribution in [0.5, 0.6) is 0 Å². The van der Waals surface area contributed by atoms with Crippen LogP contribution < -0.4 is 0 Å². The molecule has 15 heavy (non-hydrogen) atoms. The van der Waals surface area contributed by atoms with Crippen LogP contribution in [0.25, 0.3) is 0 Å². The molecule has 84 valence electrons. The summed E-state index contributed by atoms with van der Waals surface area (Å²) in [5.41, 5.74) is 0. The summed E-state index contributed by atoms with van der Waals surface area (Å²) in [7, 11) is 0. The number of rotatable bonds is 6. The van der Waals surface area contributed by atoms with E-state index in [1.165, 1.54) is 23.9 Å². The second-order valence-corrected chi connectivity index (χ2v) is 4.79. The van der Waals surface area contributed by atoms with Gasteiger partial charge in [0.2, 0.25) is 0 Å². The zero-order valence-electron chi connectivity index (χ0n) is 8.38. The maximum Gasteiger partial charge on any atom is 0.136 e. The van der Waals surface area contributed by atoms with Crippen LogP contribution in [0.2, 0.25) is 0 Å². The van der Waals surface area contributed by atoms with Crippen LogP contribution in [0.3, 0.4) is 0 Å². The average molecular weight is 248 g/mol. The fourth-order valence-electron chi connectivity index (χ4n) is 1.16. The van der Waals surface area contributed by atoms with Crippen molar-refractivity contribution in [2.75, 3.05) is 11.5 Å². The van der Waals surface area contributed by atoms with E-state index in [9.17, 15) is 8.78 Å². The van der Waals surface area contributed by atoms with Crippen LogP contribution in [-0.4, -0.2) is 11.5 Å². The van der Waals surface area contributed by atoms with Crippen LogP contribution in [0.4, 0.5) is 8.78 Å². The Kier molecular flexibility index (Phi) is 6.10. The minimum atomic E-state index is -0.380. The van der Waals surface area contributed by atoms with Crippen LogP contribution >= 0.6 is 24.4 Å². The zero-order valence-corrected chi connectivity index (χ0v) is 10.1. The normalized spacial score (nSPS) is 10.6. The van der Waals surface area contributed by atoms with Crippen LogP contribution in [0.15, 0.2) is 23.1 Å². The summed E-state index contributed by atoms with van der Waals surface area (Å²) in [6, 6.07) is 3.56. The minimum absolute atomic E-state index is 0.337. The van der Waals surface area contributed by atoms with Gasteiger partial charge < -0.3 is 0 Å². The molecule has 1 rings (SSSR count). The molecule has 0 bridgehead atoms. The Bertz CT molecular complexity index is 303. The van der Waals surface area contributed by atoms with Crippen molar-refractivity contribution in [2.24, 2.45) is 0 Å². The van der Waals surface area contributed by atoms with Gasteiger partial charge in [-0.3, -0.25) is 0 Å². The highest BCUT2D eigenvalue weighted by molar-refractivity contribution is 7.99. The summed E-state index contributed by atoms with van der Waals surface area (Å²) in [6.45, 7) is 0. The molecule has 0 saturated carbocycles. The lowest BCUT2D eigenvalue weighted by Crippen LogP contribution is -1.87. The van der Waals surface area contributed by atoms with Gasteiger partial charge in [0.05, 0.1) is 0 Å². The molecular formula is C11H14F2S2. The van der Waals surface area contributed by atoms with Gasteiger partial charge in [-0.2, -0.15) is 12.6 Å². The molecular weight excluding hydrogens is 234 g/mol. The van der Waals surface area contributed by atoms with Gasteiger partial charge >= 0.3 is 0 Å². The Balaban J connectivity index is 2.33. The number of hydrogen-bond acceptors (Lipinski definition) is 2. The summed E-state index contributed by atoms with van der Waals surface area (Å²) in [5.74, 6) is 0.998. The Morgan fingerprint density at radius 1 is 1.13 bits per heavy atom. The third-order valence-corrected chi connectivity index (χ3v) is 3.39. The number of unbranched alkanes of at least 4 members (excludes halogenated alkanes) is 2. The minimum Gasteiger partial charge on any atom is -0.207 e. The fraction of sp³-hybridized carbons (Fsp3) is 0.455. The van der Waals surface area contributed by atoms with Crippen molar-refractivity contribution in [2.45, 2.75) is 24.2 Å². The standard InChI is InChI=1S/C11H14F2S2/c12-9-4-5-10(13)11(8-9)15-7-3-1-2-6-14/h4-5,8,14H,1-3,6-7H2. The molecule has 1 aromatic carbocycles. The first-order chi connectivity index (χ1) is 7.24. The van der Waals surface area contributed by atoms with E-state index in [4.69, 9.17) is 0 Å². The van der Waals surface area contributed by atoms with Gasteiger partial charge in [0.15, 0.2) is 0 Å². The van der Waals surface area contributed by atoms with E-state index in [1.54, 1.807) is 0 Å². The number of thiol groups is 1. The van der Waals surface area contributed by atoms with Gasteiger partial charge in [0, 0.05) is 4.90 Å². The fourth-order valence-corrected chi connectivity index (χ4v) is 2.35. The maximum absolute atomic E-state index is 13.1. The first-order valence-electron chi connectivity index (χ1n) is 4.93. The number of halogens is 2. The first-order valence-corrected chi connectivity index (χ1v) is 6.54. The van der Waals surface area contributed by atoms with Crippen molar-refractivity contribution >= 4 is 24.4 Å². The number of hydrogen-bond donors (Lipinski definition) is 1. The highest BCUT2D eigenvalue weighted by atomic mass is 32.2. The molecule has 0 aliphatic carbocycles. The van der Waals surface area contributed by atoms with Gasteiger partial charge in [0.1, 0.15) is 11.6 Å². The Labute approximate surface area is 98.9 Å². The summed E-state index contributed by atoms with van der Waals surface area (Å²) in [4.78, 5) is 0.404. The van der Waals surface area contributed by atoms with E-state index >= 15 is 0 Å². The largest absolute Gasteiger partial charge is 0.207 e. The molecule has 0 saturated heterocycles. The van der Waals surface area contributed by atoms with Crippen molar-refractivity contribution in [1.82, 2.24) is 0 Å². The molecule has 4 heteroatoms. The van der Waals surface area contributed by atoms with E-state index in [2.05, 4.69) is 12.6 Å². The zero-order chi connectivity index (χ0) is 11.1. The molecule has 0 aromatic heterocycles. The molecule has 0 unspecified atom stereocenters. The summed E-state index contributed by atoms with van der Waals surface area (Å²) < 4.78 is 25.9. The molecule has 0 radical (unpaired) electrons. The Morgan fingerprint density at radius 2 is 1.93 bits per heavy atom. The number of benzene rings is 1. The van der Waals surface area contributed by atoms with E-state index in [-0.39, 0.29) is 11.6 Å². The van der Waals surface area contributed by atoms with Gasteiger partial charge in [-0.1, -0.05) is 6.42 Å². The lowest BCUT2D eigenvalue weighted by molar-refractivity contribution is 0.577. The molecule has 0 aliphatic rings. The van der Waals surface area contributed by atoms with Crippen LogP contribution in [-0.2, 0) is 0 Å². The van der Waals surface area contributed by atoms with Crippen molar-refractivity contribution in [3.05, 3.63) is 29.8 Å². The summed E-state index contributed by atoms with van der Waals surface area (Å²) in [6.07, 6.45) is 3.18. The van der Waals surface area contributed by atoms with Crippen molar-refractivity contribution in [3.8, 4) is 0 Å². The first kappa shape index (κ1) is 12.8. The molecule has 0 N–H and O–H groups in total. The smallest absolute Gasteiger partial charge is 0.136 e. The third kappa shape index (κ3) is 4.89. The van der Waals surface area contributed by atoms with Crippen LogP contribution in [0, 0.1) is 11.6 Å². The predicted molar refractivity (Wildman–Crippen MR) is 64.8 cm³/mol. The van der Waals surface area contributed by atoms with Gasteiger partial charge in [-0.25, -0.2) is 8.78 Å². The third-order valence-electron chi connectivity index (χ3n) is 1.95.